The van der Waals surface area contributed by atoms with Gasteiger partial charge in [0.15, 0.2) is 6.54 Å². The van der Waals surface area contributed by atoms with Crippen molar-refractivity contribution in [2.75, 3.05) is 13.2 Å². The summed E-state index contributed by atoms with van der Waals surface area (Å²) in [4.78, 5) is 18.3. The maximum absolute atomic E-state index is 11.2. The average Bonchev–Trinajstić information content (AvgIpc) is 3.04. The van der Waals surface area contributed by atoms with Crippen LogP contribution < -0.4 is 5.73 Å². The summed E-state index contributed by atoms with van der Waals surface area (Å²) in [7, 11) is 0. The molecule has 0 aliphatic heterocycles. The highest BCUT2D eigenvalue weighted by molar-refractivity contribution is 5.86. The van der Waals surface area contributed by atoms with Gasteiger partial charge in [-0.1, -0.05) is 23.7 Å². The van der Waals surface area contributed by atoms with Crippen molar-refractivity contribution < 1.29 is 14.6 Å². The van der Waals surface area contributed by atoms with Crippen molar-refractivity contribution in [3.05, 3.63) is 42.2 Å². The minimum absolute atomic E-state index is 0.134. The lowest BCUT2D eigenvalue weighted by Gasteiger charge is -2.04. The molecular weight excluding hydrogens is 306 g/mol. The lowest BCUT2D eigenvalue weighted by atomic mass is 10.1. The number of aliphatic imine (C=N–C) groups is 1. The fraction of sp³-hybridized carbons (Fsp3) is 0.294. The molecule has 1 heterocycles. The number of fused-ring (bicyclic) bond motifs is 1. The Labute approximate surface area is 140 Å². The lowest BCUT2D eigenvalue weighted by molar-refractivity contribution is -0.614. The molecule has 0 spiro atoms. The SMILES string of the molecule is N=[N+](CN)CCC[C@H](N=C/C=C/c1ccc2c[nH]cc2c1)C(=O)O. The zero-order chi connectivity index (χ0) is 17.4. The van der Waals surface area contributed by atoms with Gasteiger partial charge in [-0.2, -0.15) is 0 Å². The topological polar surface area (TPSA) is 118 Å². The number of rotatable bonds is 9. The molecule has 1 aromatic heterocycles. The molecule has 2 rings (SSSR count). The summed E-state index contributed by atoms with van der Waals surface area (Å²) in [6, 6.07) is 5.26. The Morgan fingerprint density at radius 2 is 2.21 bits per heavy atom. The van der Waals surface area contributed by atoms with Crippen LogP contribution in [0, 0.1) is 5.53 Å². The zero-order valence-electron chi connectivity index (χ0n) is 13.4. The number of carbonyl (C=O) groups is 1. The number of hydrogen-bond acceptors (Lipinski definition) is 4. The quantitative estimate of drug-likeness (QED) is 0.245. The van der Waals surface area contributed by atoms with Gasteiger partial charge < -0.3 is 10.1 Å². The molecule has 0 radical (unpaired) electrons. The summed E-state index contributed by atoms with van der Waals surface area (Å²) in [5.41, 5.74) is 13.7. The first kappa shape index (κ1) is 17.6. The number of aliphatic carboxylic acids is 1. The molecule has 2 aromatic rings. The Balaban J connectivity index is 1.90. The van der Waals surface area contributed by atoms with E-state index in [-0.39, 0.29) is 6.67 Å². The second kappa shape index (κ2) is 8.73. The van der Waals surface area contributed by atoms with Crippen LogP contribution in [0.5, 0.6) is 0 Å². The van der Waals surface area contributed by atoms with Crippen LogP contribution in [0.3, 0.4) is 0 Å². The molecule has 0 bridgehead atoms. The summed E-state index contributed by atoms with van der Waals surface area (Å²) >= 11 is 0. The van der Waals surface area contributed by atoms with Gasteiger partial charge in [0, 0.05) is 25.0 Å². The maximum Gasteiger partial charge on any atom is 0.328 e. The van der Waals surface area contributed by atoms with Crippen LogP contribution in [-0.2, 0) is 4.79 Å². The maximum atomic E-state index is 11.2. The Kier molecular flexibility index (Phi) is 6.39. The smallest absolute Gasteiger partial charge is 0.328 e. The Morgan fingerprint density at radius 3 is 2.96 bits per heavy atom. The first-order chi connectivity index (χ1) is 11.6. The van der Waals surface area contributed by atoms with Crippen LogP contribution in [0.25, 0.3) is 16.8 Å². The van der Waals surface area contributed by atoms with Gasteiger partial charge >= 0.3 is 5.97 Å². The Bertz CT molecular complexity index is 763. The van der Waals surface area contributed by atoms with Gasteiger partial charge in [-0.25, -0.2) is 4.79 Å². The van der Waals surface area contributed by atoms with Gasteiger partial charge in [-0.05, 0) is 34.9 Å². The number of carboxylic acids is 1. The minimum Gasteiger partial charge on any atom is -0.480 e. The highest BCUT2D eigenvalue weighted by atomic mass is 16.4. The van der Waals surface area contributed by atoms with E-state index in [4.69, 9.17) is 11.3 Å². The van der Waals surface area contributed by atoms with Crippen molar-refractivity contribution >= 4 is 29.0 Å². The number of nitrogens with one attached hydrogen (secondary N) is 2. The fourth-order valence-electron chi connectivity index (χ4n) is 2.31. The third-order valence-electron chi connectivity index (χ3n) is 3.64. The van der Waals surface area contributed by atoms with Crippen molar-refractivity contribution in [1.82, 2.24) is 4.98 Å². The third kappa shape index (κ3) is 5.13. The van der Waals surface area contributed by atoms with Gasteiger partial charge in [0.2, 0.25) is 6.67 Å². The number of benzene rings is 1. The van der Waals surface area contributed by atoms with Gasteiger partial charge in [-0.15, -0.1) is 4.70 Å². The predicted molar refractivity (Wildman–Crippen MR) is 93.4 cm³/mol. The predicted octanol–water partition coefficient (Wildman–Crippen LogP) is 2.44. The molecule has 0 unspecified atom stereocenters. The van der Waals surface area contributed by atoms with Crippen LogP contribution in [0.15, 0.2) is 41.7 Å². The molecule has 1 atom stereocenters. The molecule has 5 N–H and O–H groups in total. The number of allylic oxidation sites excluding steroid dienone is 1. The first-order valence-corrected chi connectivity index (χ1v) is 7.75. The molecule has 0 saturated heterocycles. The number of H-pyrrole nitrogens is 1. The Morgan fingerprint density at radius 1 is 1.42 bits per heavy atom. The zero-order valence-corrected chi connectivity index (χ0v) is 13.4. The summed E-state index contributed by atoms with van der Waals surface area (Å²) in [6.45, 7) is 0.567. The lowest BCUT2D eigenvalue weighted by Crippen LogP contribution is -2.22. The first-order valence-electron chi connectivity index (χ1n) is 7.75. The fourth-order valence-corrected chi connectivity index (χ4v) is 2.31. The van der Waals surface area contributed by atoms with E-state index < -0.39 is 12.0 Å². The number of nitrogens with two attached hydrogens (primary N) is 1. The largest absolute Gasteiger partial charge is 0.480 e. The van der Waals surface area contributed by atoms with Crippen LogP contribution in [0.4, 0.5) is 0 Å². The van der Waals surface area contributed by atoms with E-state index in [1.165, 1.54) is 10.9 Å². The van der Waals surface area contributed by atoms with Crippen LogP contribution in [-0.4, -0.2) is 46.2 Å². The summed E-state index contributed by atoms with van der Waals surface area (Å²) in [6.07, 6.45) is 9.94. The van der Waals surface area contributed by atoms with Crippen LogP contribution in [0.1, 0.15) is 18.4 Å². The van der Waals surface area contributed by atoms with Crippen molar-refractivity contribution in [2.45, 2.75) is 18.9 Å². The standard InChI is InChI=1S/C17H21N5O2/c18-12-22(19)8-2-4-16(17(23)24)21-7-1-3-13-5-6-14-10-20-11-15(14)9-13/h1,3,5-7,9-11,16,19H,2,4,8,12,18H2,(H-,20,21,23,24)/p+1/t16-/m0/s1. The van der Waals surface area contributed by atoms with Crippen molar-refractivity contribution in [3.63, 3.8) is 0 Å². The summed E-state index contributed by atoms with van der Waals surface area (Å²) in [5.74, 6) is -0.960. The monoisotopic (exact) mass is 328 g/mol. The number of nitrogens with zero attached hydrogens (tertiary/aromatic N) is 2. The molecule has 0 aliphatic rings. The summed E-state index contributed by atoms with van der Waals surface area (Å²) in [5, 5.41) is 11.4. The molecule has 126 valence electrons. The molecule has 0 aliphatic carbocycles. The minimum atomic E-state index is -0.960. The van der Waals surface area contributed by atoms with E-state index in [0.717, 1.165) is 16.3 Å². The van der Waals surface area contributed by atoms with Crippen LogP contribution >= 0.6 is 0 Å². The molecule has 0 saturated carbocycles. The third-order valence-corrected chi connectivity index (χ3v) is 3.64. The van der Waals surface area contributed by atoms with E-state index >= 15 is 0 Å². The summed E-state index contributed by atoms with van der Waals surface area (Å²) < 4.78 is 1.19. The molecular formula is C17H22N5O2+. The van der Waals surface area contributed by atoms with E-state index in [0.29, 0.717) is 19.4 Å². The van der Waals surface area contributed by atoms with Gasteiger partial charge in [0.1, 0.15) is 6.04 Å². The van der Waals surface area contributed by atoms with Gasteiger partial charge in [-0.3, -0.25) is 10.7 Å². The number of aromatic nitrogens is 1. The highest BCUT2D eigenvalue weighted by Gasteiger charge is 2.15. The number of aromatic amines is 1. The highest BCUT2D eigenvalue weighted by Crippen LogP contribution is 2.15. The van der Waals surface area contributed by atoms with Crippen molar-refractivity contribution in [2.24, 2.45) is 10.7 Å². The molecule has 0 amide bonds. The number of carboxylic acid groups (broad SMARTS) is 1. The normalized spacial score (nSPS) is 13.0. The second-order valence-corrected chi connectivity index (χ2v) is 5.44. The molecule has 0 fully saturated rings. The second-order valence-electron chi connectivity index (χ2n) is 5.44. The van der Waals surface area contributed by atoms with E-state index in [1.807, 2.05) is 36.7 Å². The van der Waals surface area contributed by atoms with E-state index in [2.05, 4.69) is 9.98 Å². The van der Waals surface area contributed by atoms with Gasteiger partial charge in [0.25, 0.3) is 0 Å². The molecule has 7 heteroatoms. The van der Waals surface area contributed by atoms with Gasteiger partial charge in [0.05, 0.1) is 0 Å². The van der Waals surface area contributed by atoms with Crippen molar-refractivity contribution in [1.29, 1.82) is 5.53 Å². The van der Waals surface area contributed by atoms with Crippen LogP contribution in [0.2, 0.25) is 0 Å². The Hall–Kier alpha value is -2.80. The molecule has 1 aromatic carbocycles. The molecule has 24 heavy (non-hydrogen) atoms. The number of hydrogen-bond donors (Lipinski definition) is 4. The van der Waals surface area contributed by atoms with Crippen molar-refractivity contribution in [3.8, 4) is 0 Å². The van der Waals surface area contributed by atoms with E-state index in [9.17, 15) is 9.90 Å². The molecule has 7 nitrogen and oxygen atoms in total. The van der Waals surface area contributed by atoms with E-state index in [1.54, 1.807) is 6.08 Å². The average molecular weight is 328 g/mol.